The number of carbonyl (C=O) groups excluding carboxylic acids is 2. The van der Waals surface area contributed by atoms with Crippen molar-refractivity contribution in [3.8, 4) is 0 Å². The maximum absolute atomic E-state index is 13.0. The fourth-order valence-corrected chi connectivity index (χ4v) is 5.19. The standard InChI is InChI=1S/C27H24N2O2S/c1-17-9-11-18(12-10-17)15-25-27(31)29-23-16-20(13-14-24(23)32-25)26(30)28-22-8-4-6-19-5-2-3-7-21(19)22/h2-3,5,7,9-16,22H,4,6,8H2,1H3,(H,28,30)(H,29,31)/b25-15+. The Hall–Kier alpha value is -3.31. The molecule has 160 valence electrons. The molecule has 2 amide bonds. The molecule has 4 nitrogen and oxygen atoms in total. The van der Waals surface area contributed by atoms with Crippen molar-refractivity contribution in [1.29, 1.82) is 0 Å². The number of aryl methyl sites for hydroxylation is 2. The van der Waals surface area contributed by atoms with Gasteiger partial charge in [0.1, 0.15) is 0 Å². The minimum atomic E-state index is -0.151. The molecule has 0 aromatic heterocycles. The number of fused-ring (bicyclic) bond motifs is 2. The first kappa shape index (κ1) is 20.6. The summed E-state index contributed by atoms with van der Waals surface area (Å²) in [5.74, 6) is -0.267. The molecule has 0 fully saturated rings. The molecular formula is C27H24N2O2S. The average molecular weight is 441 g/mol. The highest BCUT2D eigenvalue weighted by Crippen LogP contribution is 2.39. The van der Waals surface area contributed by atoms with Gasteiger partial charge >= 0.3 is 0 Å². The Balaban J connectivity index is 1.34. The molecule has 32 heavy (non-hydrogen) atoms. The van der Waals surface area contributed by atoms with E-state index in [4.69, 9.17) is 0 Å². The number of hydrogen-bond acceptors (Lipinski definition) is 3. The highest BCUT2D eigenvalue weighted by Gasteiger charge is 2.25. The zero-order valence-corrected chi connectivity index (χ0v) is 18.7. The number of rotatable bonds is 3. The minimum Gasteiger partial charge on any atom is -0.345 e. The largest absolute Gasteiger partial charge is 0.345 e. The lowest BCUT2D eigenvalue weighted by Crippen LogP contribution is -2.31. The van der Waals surface area contributed by atoms with Crippen molar-refractivity contribution in [2.45, 2.75) is 37.1 Å². The van der Waals surface area contributed by atoms with E-state index in [0.717, 1.165) is 29.7 Å². The molecule has 0 saturated carbocycles. The van der Waals surface area contributed by atoms with Crippen molar-refractivity contribution >= 4 is 35.3 Å². The lowest BCUT2D eigenvalue weighted by atomic mass is 9.87. The smallest absolute Gasteiger partial charge is 0.262 e. The lowest BCUT2D eigenvalue weighted by molar-refractivity contribution is -0.112. The molecule has 0 bridgehead atoms. The summed E-state index contributed by atoms with van der Waals surface area (Å²) < 4.78 is 0. The maximum Gasteiger partial charge on any atom is 0.262 e. The highest BCUT2D eigenvalue weighted by atomic mass is 32.2. The SMILES string of the molecule is Cc1ccc(/C=C2/Sc3ccc(C(=O)NC4CCCc5ccccc54)cc3NC2=O)cc1. The molecule has 2 aliphatic rings. The van der Waals surface area contributed by atoms with Gasteiger partial charge in [-0.15, -0.1) is 0 Å². The van der Waals surface area contributed by atoms with Crippen LogP contribution in [0.15, 0.2) is 76.5 Å². The monoisotopic (exact) mass is 440 g/mol. The number of nitrogens with one attached hydrogen (secondary N) is 2. The molecule has 0 spiro atoms. The van der Waals surface area contributed by atoms with E-state index >= 15 is 0 Å². The highest BCUT2D eigenvalue weighted by molar-refractivity contribution is 8.04. The van der Waals surface area contributed by atoms with Crippen LogP contribution in [-0.2, 0) is 11.2 Å². The minimum absolute atomic E-state index is 0.0245. The van der Waals surface area contributed by atoms with Crippen LogP contribution in [0, 0.1) is 6.92 Å². The Morgan fingerprint density at radius 1 is 1.09 bits per heavy atom. The summed E-state index contributed by atoms with van der Waals surface area (Å²) in [5.41, 5.74) is 5.92. The van der Waals surface area contributed by atoms with Gasteiger partial charge in [0, 0.05) is 10.5 Å². The van der Waals surface area contributed by atoms with Crippen molar-refractivity contribution in [2.75, 3.05) is 5.32 Å². The van der Waals surface area contributed by atoms with Crippen molar-refractivity contribution in [3.05, 3.63) is 99.5 Å². The number of hydrogen-bond donors (Lipinski definition) is 2. The quantitative estimate of drug-likeness (QED) is 0.500. The molecule has 1 heterocycles. The van der Waals surface area contributed by atoms with Gasteiger partial charge in [-0.25, -0.2) is 0 Å². The number of thioether (sulfide) groups is 1. The van der Waals surface area contributed by atoms with Crippen molar-refractivity contribution in [3.63, 3.8) is 0 Å². The van der Waals surface area contributed by atoms with Gasteiger partial charge in [0.2, 0.25) is 0 Å². The summed E-state index contributed by atoms with van der Waals surface area (Å²) in [6, 6.07) is 21.9. The fourth-order valence-electron chi connectivity index (χ4n) is 4.26. The van der Waals surface area contributed by atoms with Gasteiger partial charge in [0.15, 0.2) is 0 Å². The number of anilines is 1. The van der Waals surface area contributed by atoms with Crippen LogP contribution in [0.5, 0.6) is 0 Å². The van der Waals surface area contributed by atoms with Crippen molar-refractivity contribution < 1.29 is 9.59 Å². The van der Waals surface area contributed by atoms with E-state index in [1.54, 1.807) is 6.07 Å². The van der Waals surface area contributed by atoms with E-state index in [1.807, 2.05) is 61.5 Å². The first-order valence-electron chi connectivity index (χ1n) is 10.9. The normalized spacial score (nSPS) is 18.5. The van der Waals surface area contributed by atoms with Crippen LogP contribution >= 0.6 is 11.8 Å². The van der Waals surface area contributed by atoms with Crippen LogP contribution in [0.4, 0.5) is 5.69 Å². The molecular weight excluding hydrogens is 416 g/mol. The molecule has 3 aromatic rings. The summed E-state index contributed by atoms with van der Waals surface area (Å²) in [6.45, 7) is 2.04. The summed E-state index contributed by atoms with van der Waals surface area (Å²) in [4.78, 5) is 27.2. The van der Waals surface area contributed by atoms with E-state index in [-0.39, 0.29) is 17.9 Å². The van der Waals surface area contributed by atoms with Gasteiger partial charge in [0.25, 0.3) is 11.8 Å². The first-order chi connectivity index (χ1) is 15.6. The molecule has 1 aliphatic heterocycles. The first-order valence-corrected chi connectivity index (χ1v) is 11.7. The van der Waals surface area contributed by atoms with E-state index in [2.05, 4.69) is 22.8 Å². The molecule has 1 atom stereocenters. The third-order valence-corrected chi connectivity index (χ3v) is 7.08. The third kappa shape index (κ3) is 4.21. The second-order valence-corrected chi connectivity index (χ2v) is 9.39. The van der Waals surface area contributed by atoms with E-state index in [0.29, 0.717) is 16.2 Å². The fraction of sp³-hybridized carbons (Fsp3) is 0.185. The molecule has 3 aromatic carbocycles. The molecule has 0 saturated heterocycles. The summed E-state index contributed by atoms with van der Waals surface area (Å²) >= 11 is 1.43. The summed E-state index contributed by atoms with van der Waals surface area (Å²) in [5, 5.41) is 6.13. The molecule has 1 aliphatic carbocycles. The van der Waals surface area contributed by atoms with Gasteiger partial charge < -0.3 is 10.6 Å². The Morgan fingerprint density at radius 3 is 2.75 bits per heavy atom. The van der Waals surface area contributed by atoms with Gasteiger partial charge in [-0.1, -0.05) is 65.9 Å². The number of amides is 2. The zero-order valence-electron chi connectivity index (χ0n) is 17.9. The molecule has 0 radical (unpaired) electrons. The second-order valence-electron chi connectivity index (χ2n) is 8.30. The number of carbonyl (C=O) groups is 2. The Kier molecular flexibility index (Phi) is 5.58. The van der Waals surface area contributed by atoms with Crippen LogP contribution < -0.4 is 10.6 Å². The maximum atomic E-state index is 13.0. The second kappa shape index (κ2) is 8.67. The van der Waals surface area contributed by atoms with Crippen molar-refractivity contribution in [2.24, 2.45) is 0 Å². The van der Waals surface area contributed by atoms with Crippen LogP contribution in [0.2, 0.25) is 0 Å². The van der Waals surface area contributed by atoms with Crippen LogP contribution in [0.3, 0.4) is 0 Å². The Morgan fingerprint density at radius 2 is 1.91 bits per heavy atom. The van der Waals surface area contributed by atoms with Gasteiger partial charge in [-0.05, 0) is 67.2 Å². The predicted octanol–water partition coefficient (Wildman–Crippen LogP) is 5.89. The van der Waals surface area contributed by atoms with Gasteiger partial charge in [-0.2, -0.15) is 0 Å². The summed E-state index contributed by atoms with van der Waals surface area (Å²) in [7, 11) is 0. The molecule has 1 unspecified atom stereocenters. The number of benzene rings is 3. The molecule has 5 heteroatoms. The van der Waals surface area contributed by atoms with Crippen molar-refractivity contribution in [1.82, 2.24) is 5.32 Å². The Bertz CT molecular complexity index is 1230. The van der Waals surface area contributed by atoms with E-state index in [9.17, 15) is 9.59 Å². The third-order valence-electron chi connectivity index (χ3n) is 5.98. The average Bonchev–Trinajstić information content (AvgIpc) is 2.81. The van der Waals surface area contributed by atoms with Crippen LogP contribution in [0.25, 0.3) is 6.08 Å². The van der Waals surface area contributed by atoms with Gasteiger partial charge in [-0.3, -0.25) is 9.59 Å². The van der Waals surface area contributed by atoms with E-state index < -0.39 is 0 Å². The van der Waals surface area contributed by atoms with Crippen LogP contribution in [-0.4, -0.2) is 11.8 Å². The molecule has 5 rings (SSSR count). The Labute approximate surface area is 192 Å². The topological polar surface area (TPSA) is 58.2 Å². The van der Waals surface area contributed by atoms with E-state index in [1.165, 1.54) is 28.5 Å². The predicted molar refractivity (Wildman–Crippen MR) is 130 cm³/mol. The van der Waals surface area contributed by atoms with Gasteiger partial charge in [0.05, 0.1) is 16.6 Å². The summed E-state index contributed by atoms with van der Waals surface area (Å²) in [6.07, 6.45) is 4.95. The zero-order chi connectivity index (χ0) is 22.1. The molecule has 2 N–H and O–H groups in total. The van der Waals surface area contributed by atoms with Crippen LogP contribution in [0.1, 0.15) is 51.5 Å². The lowest BCUT2D eigenvalue weighted by Gasteiger charge is -2.26.